The second-order valence-electron chi connectivity index (χ2n) is 14.6. The van der Waals surface area contributed by atoms with E-state index in [9.17, 15) is 40.2 Å². The van der Waals surface area contributed by atoms with Gasteiger partial charge in [-0.15, -0.1) is 0 Å². The Morgan fingerprint density at radius 3 is 2.18 bits per heavy atom. The predicted octanol–water partition coefficient (Wildman–Crippen LogP) is 3.21. The summed E-state index contributed by atoms with van der Waals surface area (Å²) in [5.74, 6) is -3.23. The van der Waals surface area contributed by atoms with E-state index in [1.807, 2.05) is 13.8 Å². The van der Waals surface area contributed by atoms with Crippen molar-refractivity contribution in [2.45, 2.75) is 104 Å². The summed E-state index contributed by atoms with van der Waals surface area (Å²) >= 11 is 0. The molecule has 0 heterocycles. The van der Waals surface area contributed by atoms with E-state index < -0.39 is 69.9 Å². The van der Waals surface area contributed by atoms with E-state index in [1.54, 1.807) is 6.92 Å². The minimum absolute atomic E-state index is 0.0433. The number of aliphatic hydroxyl groups excluding tert-OH is 3. The van der Waals surface area contributed by atoms with Crippen LogP contribution < -0.4 is 0 Å². The summed E-state index contributed by atoms with van der Waals surface area (Å²) < 4.78 is 0. The first-order chi connectivity index (χ1) is 17.5. The van der Waals surface area contributed by atoms with E-state index >= 15 is 0 Å². The highest BCUT2D eigenvalue weighted by Crippen LogP contribution is 2.76. The van der Waals surface area contributed by atoms with Crippen LogP contribution in [0.2, 0.25) is 0 Å². The molecule has 12 atom stereocenters. The maximum absolute atomic E-state index is 12.9. The minimum atomic E-state index is -1.84. The molecule has 0 aromatic rings. The van der Waals surface area contributed by atoms with Crippen molar-refractivity contribution in [3.63, 3.8) is 0 Å². The molecule has 5 aliphatic rings. The number of hydrogen-bond acceptors (Lipinski definition) is 6. The molecule has 0 saturated heterocycles. The van der Waals surface area contributed by atoms with Crippen LogP contribution in [0.25, 0.3) is 0 Å². The van der Waals surface area contributed by atoms with Gasteiger partial charge in [0.15, 0.2) is 0 Å². The molecule has 0 unspecified atom stereocenters. The highest BCUT2D eigenvalue weighted by atomic mass is 16.4. The van der Waals surface area contributed by atoms with Crippen LogP contribution in [-0.2, 0) is 9.59 Å². The van der Waals surface area contributed by atoms with Crippen LogP contribution >= 0.6 is 0 Å². The molecular weight excluding hydrogens is 488 g/mol. The molecule has 8 nitrogen and oxygen atoms in total. The second-order valence-corrected chi connectivity index (χ2v) is 14.6. The van der Waals surface area contributed by atoms with Crippen LogP contribution in [0.1, 0.15) is 86.0 Å². The number of carboxylic acids is 2. The first-order valence-electron chi connectivity index (χ1n) is 14.4. The van der Waals surface area contributed by atoms with Gasteiger partial charge in [0, 0.05) is 5.92 Å². The molecule has 0 spiro atoms. The van der Waals surface area contributed by atoms with Gasteiger partial charge in [-0.2, -0.15) is 0 Å². The molecule has 0 aromatic carbocycles. The molecule has 6 N–H and O–H groups in total. The van der Waals surface area contributed by atoms with Gasteiger partial charge in [-0.05, 0) is 92.3 Å². The number of carbonyl (C=O) groups is 2. The van der Waals surface area contributed by atoms with Gasteiger partial charge in [-0.3, -0.25) is 9.59 Å². The predicted molar refractivity (Wildman–Crippen MR) is 139 cm³/mol. The second kappa shape index (κ2) is 8.27. The summed E-state index contributed by atoms with van der Waals surface area (Å²) in [7, 11) is 0. The molecule has 5 aliphatic carbocycles. The van der Waals surface area contributed by atoms with Crippen LogP contribution in [0.5, 0.6) is 0 Å². The van der Waals surface area contributed by atoms with Gasteiger partial charge in [-0.25, -0.2) is 0 Å². The van der Waals surface area contributed by atoms with Crippen molar-refractivity contribution in [2.24, 2.45) is 50.7 Å². The zero-order valence-electron chi connectivity index (χ0n) is 23.4. The van der Waals surface area contributed by atoms with Crippen molar-refractivity contribution in [1.29, 1.82) is 0 Å². The van der Waals surface area contributed by atoms with E-state index in [0.29, 0.717) is 44.9 Å². The molecule has 38 heavy (non-hydrogen) atoms. The topological polar surface area (TPSA) is 156 Å². The monoisotopic (exact) mass is 534 g/mol. The third kappa shape index (κ3) is 3.01. The van der Waals surface area contributed by atoms with Crippen molar-refractivity contribution in [3.05, 3.63) is 11.6 Å². The highest BCUT2D eigenvalue weighted by Gasteiger charge is 2.73. The number of allylic oxidation sites excluding steroid dienone is 1. The molecule has 0 amide bonds. The third-order valence-corrected chi connectivity index (χ3v) is 13.6. The first kappa shape index (κ1) is 28.1. The van der Waals surface area contributed by atoms with Gasteiger partial charge < -0.3 is 30.6 Å². The molecule has 8 heteroatoms. The standard InChI is InChI=1S/C30H46O8/c1-16-8-11-29(23(34)35)13-12-26(3)17(21(29)28(16,5)38)6-7-19-25(2)14-18(32)22(33)30(15-31,24(36)37)20(25)9-10-27(19,26)4/h6,16,18-22,31-33,38H,7-15H2,1-5H3,(H,34,35)(H,36,37)/t16-,18-,19-,20+,21-,22+,25-,26-,27-,28-,29+,30+/m1/s1. The van der Waals surface area contributed by atoms with Gasteiger partial charge in [-0.1, -0.05) is 39.3 Å². The largest absolute Gasteiger partial charge is 0.481 e. The number of rotatable bonds is 3. The van der Waals surface area contributed by atoms with Crippen molar-refractivity contribution in [1.82, 2.24) is 0 Å². The molecule has 5 rings (SSSR count). The van der Waals surface area contributed by atoms with Gasteiger partial charge in [0.1, 0.15) is 5.41 Å². The van der Waals surface area contributed by atoms with E-state index in [0.717, 1.165) is 5.57 Å². The maximum Gasteiger partial charge on any atom is 0.315 e. The number of hydrogen-bond donors (Lipinski definition) is 6. The molecular formula is C30H46O8. The number of aliphatic hydroxyl groups is 4. The summed E-state index contributed by atoms with van der Waals surface area (Å²) in [5, 5.41) is 65.0. The van der Waals surface area contributed by atoms with Crippen LogP contribution in [0, 0.1) is 50.7 Å². The molecule has 0 aromatic heterocycles. The quantitative estimate of drug-likeness (QED) is 0.302. The normalized spacial score (nSPS) is 56.0. The highest BCUT2D eigenvalue weighted by molar-refractivity contribution is 5.78. The Morgan fingerprint density at radius 2 is 1.61 bits per heavy atom. The molecule has 0 bridgehead atoms. The fraction of sp³-hybridized carbons (Fsp3) is 0.867. The van der Waals surface area contributed by atoms with E-state index in [4.69, 9.17) is 0 Å². The third-order valence-electron chi connectivity index (χ3n) is 13.6. The Bertz CT molecular complexity index is 1070. The Morgan fingerprint density at radius 1 is 0.947 bits per heavy atom. The minimum Gasteiger partial charge on any atom is -0.481 e. The van der Waals surface area contributed by atoms with Crippen molar-refractivity contribution in [2.75, 3.05) is 6.61 Å². The summed E-state index contributed by atoms with van der Waals surface area (Å²) in [6, 6.07) is 0. The van der Waals surface area contributed by atoms with Crippen molar-refractivity contribution >= 4 is 11.9 Å². The first-order valence-corrected chi connectivity index (χ1v) is 14.4. The van der Waals surface area contributed by atoms with E-state index in [2.05, 4.69) is 19.9 Å². The lowest BCUT2D eigenvalue weighted by Crippen LogP contribution is -2.71. The number of aliphatic carboxylic acids is 2. The average molecular weight is 535 g/mol. The summed E-state index contributed by atoms with van der Waals surface area (Å²) in [6.45, 7) is 9.53. The average Bonchev–Trinajstić information content (AvgIpc) is 2.83. The van der Waals surface area contributed by atoms with Crippen LogP contribution in [-0.4, -0.2) is 67.0 Å². The van der Waals surface area contributed by atoms with Crippen molar-refractivity contribution in [3.8, 4) is 0 Å². The fourth-order valence-corrected chi connectivity index (χ4v) is 11.0. The Kier molecular flexibility index (Phi) is 6.11. The van der Waals surface area contributed by atoms with Gasteiger partial charge >= 0.3 is 11.9 Å². The van der Waals surface area contributed by atoms with Gasteiger partial charge in [0.2, 0.25) is 0 Å². The summed E-state index contributed by atoms with van der Waals surface area (Å²) in [5.41, 5.74) is -4.41. The SMILES string of the molecule is C[C@@H]1CC[C@]2(C(=O)O)CC[C@]3(C)C(=CC[C@@H]4[C@@]5(C)C[C@@H](O)[C@H](O)[C@@](CO)(C(=O)O)[C@H]5CC[C@]43C)[C@@H]2[C@]1(C)O. The zero-order chi connectivity index (χ0) is 28.3. The summed E-state index contributed by atoms with van der Waals surface area (Å²) in [4.78, 5) is 25.5. The Labute approximate surface area is 225 Å². The van der Waals surface area contributed by atoms with Crippen molar-refractivity contribution < 1.29 is 40.2 Å². The lowest BCUT2D eigenvalue weighted by Gasteiger charge is -2.71. The number of carboxylic acid groups (broad SMARTS) is 2. The van der Waals surface area contributed by atoms with Gasteiger partial charge in [0.25, 0.3) is 0 Å². The van der Waals surface area contributed by atoms with Crippen LogP contribution in [0.4, 0.5) is 0 Å². The maximum atomic E-state index is 12.9. The lowest BCUT2D eigenvalue weighted by molar-refractivity contribution is -0.253. The molecule has 4 fully saturated rings. The van der Waals surface area contributed by atoms with E-state index in [-0.39, 0.29) is 23.7 Å². The van der Waals surface area contributed by atoms with Gasteiger partial charge in [0.05, 0.1) is 29.8 Å². The molecule has 0 radical (unpaired) electrons. The Hall–Kier alpha value is -1.48. The van der Waals surface area contributed by atoms with Crippen LogP contribution in [0.15, 0.2) is 11.6 Å². The smallest absolute Gasteiger partial charge is 0.315 e. The van der Waals surface area contributed by atoms with E-state index in [1.165, 1.54) is 0 Å². The van der Waals surface area contributed by atoms with Crippen LogP contribution in [0.3, 0.4) is 0 Å². The molecule has 214 valence electrons. The summed E-state index contributed by atoms with van der Waals surface area (Å²) in [6.07, 6.45) is 3.62. The molecule has 4 saturated carbocycles. The molecule has 0 aliphatic heterocycles. The zero-order valence-corrected chi connectivity index (χ0v) is 23.4. The fourth-order valence-electron chi connectivity index (χ4n) is 11.0. The number of fused-ring (bicyclic) bond motifs is 7. The Balaban J connectivity index is 1.66. The lowest BCUT2D eigenvalue weighted by atomic mass is 9.32.